The minimum absolute atomic E-state index is 0.0648. The Kier molecular flexibility index (Phi) is 5.58. The molecule has 22 heavy (non-hydrogen) atoms. The molecule has 0 radical (unpaired) electrons. The summed E-state index contributed by atoms with van der Waals surface area (Å²) in [5.74, 6) is -1.17. The van der Waals surface area contributed by atoms with E-state index >= 15 is 0 Å². The highest BCUT2D eigenvalue weighted by Crippen LogP contribution is 2.16. The van der Waals surface area contributed by atoms with Gasteiger partial charge in [0.1, 0.15) is 5.76 Å². The molecule has 8 heteroatoms. The number of carbonyl (C=O) groups is 2. The van der Waals surface area contributed by atoms with Crippen molar-refractivity contribution in [1.82, 2.24) is 4.72 Å². The minimum Gasteiger partial charge on any atom is -0.512 e. The summed E-state index contributed by atoms with van der Waals surface area (Å²) < 4.78 is 25.3. The molecule has 7 nitrogen and oxygen atoms in total. The lowest BCUT2D eigenvalue weighted by molar-refractivity contribution is -0.117. The number of aliphatic hydroxyl groups excluding tert-OH is 1. The number of carbonyl (C=O) groups excluding carboxylic acids is 2. The van der Waals surface area contributed by atoms with Crippen molar-refractivity contribution < 1.29 is 23.1 Å². The predicted molar refractivity (Wildman–Crippen MR) is 81.6 cm³/mol. The number of hydrogen-bond acceptors (Lipinski definition) is 6. The number of amides is 1. The lowest BCUT2D eigenvalue weighted by Gasteiger charge is -2.04. The molecule has 0 aliphatic rings. The topological polar surface area (TPSA) is 113 Å². The standard InChI is InChI=1S/C14H16N2O5S/c1-9(17)14(10(2)18)8-15-12-4-6-13(7-5-12)22(20,21)16-11(3)19/h4-8,17H,1-3H3,(H,16,19)/b14-9+,15-8?. The number of nitrogens with zero attached hydrogens (tertiary/aromatic N) is 1. The van der Waals surface area contributed by atoms with E-state index in [1.807, 2.05) is 4.72 Å². The van der Waals surface area contributed by atoms with Gasteiger partial charge in [0.2, 0.25) is 5.91 Å². The van der Waals surface area contributed by atoms with Crippen molar-refractivity contribution in [3.63, 3.8) is 0 Å². The van der Waals surface area contributed by atoms with E-state index in [2.05, 4.69) is 4.99 Å². The van der Waals surface area contributed by atoms with Crippen molar-refractivity contribution in [2.24, 2.45) is 4.99 Å². The molecule has 118 valence electrons. The van der Waals surface area contributed by atoms with Gasteiger partial charge in [0.15, 0.2) is 5.78 Å². The zero-order chi connectivity index (χ0) is 16.9. The second kappa shape index (κ2) is 6.99. The molecule has 0 unspecified atom stereocenters. The molecule has 0 aliphatic carbocycles. The smallest absolute Gasteiger partial charge is 0.264 e. The number of rotatable bonds is 5. The van der Waals surface area contributed by atoms with Crippen LogP contribution in [0, 0.1) is 0 Å². The van der Waals surface area contributed by atoms with Gasteiger partial charge in [-0.05, 0) is 38.1 Å². The van der Waals surface area contributed by atoms with Crippen LogP contribution in [0.25, 0.3) is 0 Å². The molecular weight excluding hydrogens is 308 g/mol. The van der Waals surface area contributed by atoms with Gasteiger partial charge in [0, 0.05) is 13.1 Å². The maximum atomic E-state index is 11.7. The largest absolute Gasteiger partial charge is 0.512 e. The first-order valence-corrected chi connectivity index (χ1v) is 7.70. The van der Waals surface area contributed by atoms with Crippen molar-refractivity contribution in [2.75, 3.05) is 0 Å². The van der Waals surface area contributed by atoms with Gasteiger partial charge in [0.05, 0.1) is 16.2 Å². The SMILES string of the molecule is CC(=O)NS(=O)(=O)c1ccc(N=C/C(C(C)=O)=C(/C)O)cc1. The maximum absolute atomic E-state index is 11.7. The lowest BCUT2D eigenvalue weighted by Crippen LogP contribution is -2.28. The number of nitrogens with one attached hydrogen (secondary N) is 1. The number of aliphatic imine (C=N–C) groups is 1. The van der Waals surface area contributed by atoms with Gasteiger partial charge >= 0.3 is 0 Å². The van der Waals surface area contributed by atoms with Gasteiger partial charge in [-0.25, -0.2) is 13.1 Å². The van der Waals surface area contributed by atoms with Gasteiger partial charge in [-0.15, -0.1) is 0 Å². The lowest BCUT2D eigenvalue weighted by atomic mass is 10.2. The Labute approximate surface area is 128 Å². The Morgan fingerprint density at radius 1 is 1.14 bits per heavy atom. The van der Waals surface area contributed by atoms with Crippen LogP contribution in [0.5, 0.6) is 0 Å². The second-order valence-electron chi connectivity index (χ2n) is 4.47. The molecule has 0 saturated carbocycles. The van der Waals surface area contributed by atoms with Crippen LogP contribution in [0.4, 0.5) is 5.69 Å². The molecule has 0 spiro atoms. The molecule has 0 fully saturated rings. The average Bonchev–Trinajstić information content (AvgIpc) is 2.37. The zero-order valence-corrected chi connectivity index (χ0v) is 13.1. The van der Waals surface area contributed by atoms with Gasteiger partial charge in [-0.1, -0.05) is 0 Å². The Bertz CT molecular complexity index is 742. The molecule has 0 aromatic heterocycles. The first-order valence-electron chi connectivity index (χ1n) is 6.22. The van der Waals surface area contributed by atoms with Crippen LogP contribution in [0.15, 0.2) is 45.5 Å². The van der Waals surface area contributed by atoms with Crippen LogP contribution >= 0.6 is 0 Å². The number of sulfonamides is 1. The fourth-order valence-electron chi connectivity index (χ4n) is 1.54. The van der Waals surface area contributed by atoms with Crippen molar-refractivity contribution in [2.45, 2.75) is 25.7 Å². The fraction of sp³-hybridized carbons (Fsp3) is 0.214. The maximum Gasteiger partial charge on any atom is 0.264 e. The summed E-state index contributed by atoms with van der Waals surface area (Å²) in [6, 6.07) is 5.38. The van der Waals surface area contributed by atoms with E-state index in [1.165, 1.54) is 44.3 Å². The van der Waals surface area contributed by atoms with E-state index in [1.54, 1.807) is 0 Å². The number of benzene rings is 1. The molecule has 0 saturated heterocycles. The molecule has 0 aliphatic heterocycles. The first-order chi connectivity index (χ1) is 10.1. The molecule has 2 N–H and O–H groups in total. The predicted octanol–water partition coefficient (Wildman–Crippen LogP) is 1.63. The molecular formula is C14H16N2O5S. The molecule has 1 amide bonds. The highest BCUT2D eigenvalue weighted by atomic mass is 32.2. The fourth-order valence-corrected chi connectivity index (χ4v) is 2.53. The number of aliphatic hydroxyl groups is 1. The van der Waals surface area contributed by atoms with Gasteiger partial charge in [0.25, 0.3) is 10.0 Å². The van der Waals surface area contributed by atoms with Gasteiger partial charge in [-0.2, -0.15) is 0 Å². The van der Waals surface area contributed by atoms with Crippen LogP contribution in [0.3, 0.4) is 0 Å². The summed E-state index contributed by atoms with van der Waals surface area (Å²) in [6.45, 7) is 3.76. The summed E-state index contributed by atoms with van der Waals surface area (Å²) in [6.07, 6.45) is 1.20. The Hall–Kier alpha value is -2.48. The number of hydrogen-bond donors (Lipinski definition) is 2. The Balaban J connectivity index is 3.02. The molecule has 1 rings (SSSR count). The van der Waals surface area contributed by atoms with E-state index in [-0.39, 0.29) is 22.0 Å². The van der Waals surface area contributed by atoms with Gasteiger partial charge < -0.3 is 5.11 Å². The monoisotopic (exact) mass is 324 g/mol. The molecule has 0 heterocycles. The third-order valence-corrected chi connectivity index (χ3v) is 3.99. The molecule has 1 aromatic rings. The van der Waals surface area contributed by atoms with E-state index in [9.17, 15) is 23.1 Å². The van der Waals surface area contributed by atoms with Crippen molar-refractivity contribution in [3.05, 3.63) is 35.6 Å². The van der Waals surface area contributed by atoms with Crippen molar-refractivity contribution in [1.29, 1.82) is 0 Å². The third kappa shape index (κ3) is 4.81. The highest BCUT2D eigenvalue weighted by molar-refractivity contribution is 7.90. The van der Waals surface area contributed by atoms with E-state index < -0.39 is 15.9 Å². The molecule has 0 atom stereocenters. The molecule has 1 aromatic carbocycles. The minimum atomic E-state index is -3.89. The molecule has 0 bridgehead atoms. The van der Waals surface area contributed by atoms with E-state index in [0.717, 1.165) is 6.92 Å². The summed E-state index contributed by atoms with van der Waals surface area (Å²) in [7, 11) is -3.89. The van der Waals surface area contributed by atoms with Crippen LogP contribution in [-0.4, -0.2) is 31.4 Å². The van der Waals surface area contributed by atoms with Crippen molar-refractivity contribution >= 4 is 33.6 Å². The first kappa shape index (κ1) is 17.6. The van der Waals surface area contributed by atoms with Crippen LogP contribution < -0.4 is 4.72 Å². The Morgan fingerprint density at radius 3 is 2.09 bits per heavy atom. The quantitative estimate of drug-likeness (QED) is 0.485. The van der Waals surface area contributed by atoms with Crippen LogP contribution in [0.2, 0.25) is 0 Å². The average molecular weight is 324 g/mol. The normalized spacial score (nSPS) is 12.9. The summed E-state index contributed by atoms with van der Waals surface area (Å²) in [4.78, 5) is 26.0. The van der Waals surface area contributed by atoms with Crippen LogP contribution in [-0.2, 0) is 19.6 Å². The Morgan fingerprint density at radius 2 is 1.68 bits per heavy atom. The van der Waals surface area contributed by atoms with Crippen LogP contribution in [0.1, 0.15) is 20.8 Å². The zero-order valence-electron chi connectivity index (χ0n) is 12.3. The number of ketones is 1. The highest BCUT2D eigenvalue weighted by Gasteiger charge is 2.14. The number of Topliss-reactive ketones (excluding diaryl/α,β-unsaturated/α-hetero) is 1. The summed E-state index contributed by atoms with van der Waals surface area (Å²) in [5.41, 5.74) is 0.455. The summed E-state index contributed by atoms with van der Waals surface area (Å²) >= 11 is 0. The summed E-state index contributed by atoms with van der Waals surface area (Å²) in [5, 5.41) is 9.34. The van der Waals surface area contributed by atoms with E-state index in [0.29, 0.717) is 5.69 Å². The number of allylic oxidation sites excluding steroid dienone is 2. The van der Waals surface area contributed by atoms with E-state index in [4.69, 9.17) is 0 Å². The van der Waals surface area contributed by atoms with Gasteiger partial charge in [-0.3, -0.25) is 14.6 Å². The third-order valence-electron chi connectivity index (χ3n) is 2.54. The second-order valence-corrected chi connectivity index (χ2v) is 6.15. The van der Waals surface area contributed by atoms with Crippen molar-refractivity contribution in [3.8, 4) is 0 Å².